The van der Waals surface area contributed by atoms with E-state index in [1.54, 1.807) is 0 Å². The fraction of sp³-hybridized carbons (Fsp3) is 0.364. The Hall–Kier alpha value is -1.91. The van der Waals surface area contributed by atoms with Gasteiger partial charge in [-0.05, 0) is 18.1 Å². The molecule has 0 aromatic carbocycles. The average Bonchev–Trinajstić information content (AvgIpc) is 2.26. The average molecular weight is 223 g/mol. The molecular formula is C11H13NO4. The zero-order valence-corrected chi connectivity index (χ0v) is 9.14. The molecule has 0 amide bonds. The van der Waals surface area contributed by atoms with E-state index in [0.717, 1.165) is 6.20 Å². The first-order valence-electron chi connectivity index (χ1n) is 4.87. The van der Waals surface area contributed by atoms with Crippen LogP contribution in [0.1, 0.15) is 34.7 Å². The molecule has 1 aromatic rings. The lowest BCUT2D eigenvalue weighted by Crippen LogP contribution is -2.12. The first-order valence-corrected chi connectivity index (χ1v) is 4.87. The molecule has 1 N–H and O–H groups in total. The number of carbonyl (C=O) groups is 2. The van der Waals surface area contributed by atoms with Crippen LogP contribution in [0.15, 0.2) is 18.3 Å². The van der Waals surface area contributed by atoms with Crippen LogP contribution < -0.4 is 0 Å². The molecule has 1 rings (SSSR count). The molecule has 1 heterocycles. The van der Waals surface area contributed by atoms with Gasteiger partial charge in [0.15, 0.2) is 0 Å². The molecule has 0 atom stereocenters. The van der Waals surface area contributed by atoms with E-state index in [1.807, 2.05) is 13.8 Å². The predicted molar refractivity (Wildman–Crippen MR) is 56.3 cm³/mol. The van der Waals surface area contributed by atoms with Gasteiger partial charge in [0.25, 0.3) is 0 Å². The first-order chi connectivity index (χ1) is 7.50. The zero-order chi connectivity index (χ0) is 12.1. The van der Waals surface area contributed by atoms with E-state index in [2.05, 4.69) is 4.98 Å². The molecule has 0 unspecified atom stereocenters. The van der Waals surface area contributed by atoms with Crippen LogP contribution in [-0.4, -0.2) is 28.6 Å². The van der Waals surface area contributed by atoms with Crippen molar-refractivity contribution in [1.82, 2.24) is 4.98 Å². The number of hydrogen-bond acceptors (Lipinski definition) is 4. The Kier molecular flexibility index (Phi) is 3.99. The molecule has 0 aliphatic rings. The van der Waals surface area contributed by atoms with Gasteiger partial charge < -0.3 is 9.84 Å². The second kappa shape index (κ2) is 5.25. The molecule has 0 spiro atoms. The van der Waals surface area contributed by atoms with Crippen LogP contribution in [0.25, 0.3) is 0 Å². The van der Waals surface area contributed by atoms with E-state index in [0.29, 0.717) is 6.61 Å². The van der Waals surface area contributed by atoms with Crippen LogP contribution >= 0.6 is 0 Å². The van der Waals surface area contributed by atoms with Gasteiger partial charge in [-0.2, -0.15) is 0 Å². The molecule has 0 saturated carbocycles. The summed E-state index contributed by atoms with van der Waals surface area (Å²) in [6.45, 7) is 4.17. The lowest BCUT2D eigenvalue weighted by molar-refractivity contribution is 0.0451. The van der Waals surface area contributed by atoms with Crippen molar-refractivity contribution in [2.24, 2.45) is 5.92 Å². The Labute approximate surface area is 93.1 Å². The summed E-state index contributed by atoms with van der Waals surface area (Å²) in [6.07, 6.45) is 1.13. The second-order valence-corrected chi connectivity index (χ2v) is 3.73. The third-order valence-electron chi connectivity index (χ3n) is 1.77. The van der Waals surface area contributed by atoms with Gasteiger partial charge in [0, 0.05) is 6.20 Å². The van der Waals surface area contributed by atoms with Crippen LogP contribution in [0.3, 0.4) is 0 Å². The number of carboxylic acids is 1. The van der Waals surface area contributed by atoms with E-state index in [9.17, 15) is 9.59 Å². The third-order valence-corrected chi connectivity index (χ3v) is 1.77. The van der Waals surface area contributed by atoms with E-state index < -0.39 is 11.9 Å². The molecule has 0 aliphatic carbocycles. The maximum atomic E-state index is 11.4. The van der Waals surface area contributed by atoms with Gasteiger partial charge in [-0.25, -0.2) is 14.6 Å². The Morgan fingerprint density at radius 3 is 2.56 bits per heavy atom. The summed E-state index contributed by atoms with van der Waals surface area (Å²) in [5.41, 5.74) is 0.158. The van der Waals surface area contributed by atoms with Gasteiger partial charge in [0.1, 0.15) is 5.69 Å². The van der Waals surface area contributed by atoms with Crippen molar-refractivity contribution >= 4 is 11.9 Å². The molecule has 86 valence electrons. The minimum Gasteiger partial charge on any atom is -0.478 e. The number of aromatic nitrogens is 1. The highest BCUT2D eigenvalue weighted by Gasteiger charge is 2.11. The number of hydrogen-bond donors (Lipinski definition) is 1. The number of pyridine rings is 1. The van der Waals surface area contributed by atoms with Crippen molar-refractivity contribution < 1.29 is 19.4 Å². The van der Waals surface area contributed by atoms with Crippen molar-refractivity contribution in [3.8, 4) is 0 Å². The van der Waals surface area contributed by atoms with Gasteiger partial charge in [0.2, 0.25) is 0 Å². The number of nitrogens with zero attached hydrogens (tertiary/aromatic N) is 1. The Morgan fingerprint density at radius 2 is 2.12 bits per heavy atom. The Morgan fingerprint density at radius 1 is 1.44 bits per heavy atom. The minimum atomic E-state index is -1.07. The maximum Gasteiger partial charge on any atom is 0.356 e. The van der Waals surface area contributed by atoms with E-state index in [4.69, 9.17) is 9.84 Å². The highest BCUT2D eigenvalue weighted by Crippen LogP contribution is 2.03. The number of esters is 1. The minimum absolute atomic E-state index is 0.0420. The highest BCUT2D eigenvalue weighted by molar-refractivity contribution is 5.90. The molecule has 0 saturated heterocycles. The van der Waals surface area contributed by atoms with E-state index in [-0.39, 0.29) is 17.2 Å². The van der Waals surface area contributed by atoms with Gasteiger partial charge in [-0.1, -0.05) is 13.8 Å². The van der Waals surface area contributed by atoms with Crippen LogP contribution in [0.5, 0.6) is 0 Å². The summed E-state index contributed by atoms with van der Waals surface area (Å²) in [5, 5.41) is 8.63. The van der Waals surface area contributed by atoms with Gasteiger partial charge in [0.05, 0.1) is 12.2 Å². The molecule has 0 radical (unpaired) electrons. The lowest BCUT2D eigenvalue weighted by Gasteiger charge is -2.06. The number of ether oxygens (including phenoxy) is 1. The lowest BCUT2D eigenvalue weighted by atomic mass is 10.2. The summed E-state index contributed by atoms with van der Waals surface area (Å²) in [5.74, 6) is -1.36. The van der Waals surface area contributed by atoms with Crippen molar-refractivity contribution in [2.45, 2.75) is 13.8 Å². The van der Waals surface area contributed by atoms with Crippen molar-refractivity contribution in [1.29, 1.82) is 0 Å². The standard InChI is InChI=1S/C11H13NO4/c1-7(2)6-16-11(15)9-4-3-8(5-12-9)10(13)14/h3-5,7H,6H2,1-2H3,(H,13,14). The zero-order valence-electron chi connectivity index (χ0n) is 9.14. The Balaban J connectivity index is 2.67. The van der Waals surface area contributed by atoms with Crippen molar-refractivity contribution in [3.63, 3.8) is 0 Å². The summed E-state index contributed by atoms with van der Waals surface area (Å²) in [4.78, 5) is 25.7. The van der Waals surface area contributed by atoms with Gasteiger partial charge in [-0.15, -0.1) is 0 Å². The third kappa shape index (κ3) is 3.34. The predicted octanol–water partition coefficient (Wildman–Crippen LogP) is 1.59. The topological polar surface area (TPSA) is 76.5 Å². The monoisotopic (exact) mass is 223 g/mol. The maximum absolute atomic E-state index is 11.4. The Bertz CT molecular complexity index is 383. The molecule has 5 heteroatoms. The number of aromatic carboxylic acids is 1. The van der Waals surface area contributed by atoms with Crippen molar-refractivity contribution in [2.75, 3.05) is 6.61 Å². The number of carboxylic acid groups (broad SMARTS) is 1. The van der Waals surface area contributed by atoms with Crippen LogP contribution in [-0.2, 0) is 4.74 Å². The molecule has 16 heavy (non-hydrogen) atoms. The van der Waals surface area contributed by atoms with Crippen LogP contribution in [0.2, 0.25) is 0 Å². The molecule has 0 aliphatic heterocycles. The van der Waals surface area contributed by atoms with Crippen LogP contribution in [0, 0.1) is 5.92 Å². The molecule has 0 bridgehead atoms. The molecular weight excluding hydrogens is 210 g/mol. The fourth-order valence-corrected chi connectivity index (χ4v) is 0.957. The second-order valence-electron chi connectivity index (χ2n) is 3.73. The SMILES string of the molecule is CC(C)COC(=O)c1ccc(C(=O)O)cn1. The summed E-state index contributed by atoms with van der Waals surface area (Å²) >= 11 is 0. The first kappa shape index (κ1) is 12.2. The molecule has 5 nitrogen and oxygen atoms in total. The quantitative estimate of drug-likeness (QED) is 0.784. The smallest absolute Gasteiger partial charge is 0.356 e. The molecule has 1 aromatic heterocycles. The highest BCUT2D eigenvalue weighted by atomic mass is 16.5. The summed E-state index contributed by atoms with van der Waals surface area (Å²) < 4.78 is 4.94. The van der Waals surface area contributed by atoms with Gasteiger partial charge in [-0.3, -0.25) is 0 Å². The van der Waals surface area contributed by atoms with E-state index >= 15 is 0 Å². The van der Waals surface area contributed by atoms with Crippen LogP contribution in [0.4, 0.5) is 0 Å². The summed E-state index contributed by atoms with van der Waals surface area (Å²) in [7, 11) is 0. The fourth-order valence-electron chi connectivity index (χ4n) is 0.957. The largest absolute Gasteiger partial charge is 0.478 e. The van der Waals surface area contributed by atoms with E-state index in [1.165, 1.54) is 12.1 Å². The molecule has 0 fully saturated rings. The summed E-state index contributed by atoms with van der Waals surface area (Å²) in [6, 6.07) is 2.66. The number of rotatable bonds is 4. The van der Waals surface area contributed by atoms with Gasteiger partial charge >= 0.3 is 11.9 Å². The number of carbonyl (C=O) groups excluding carboxylic acids is 1. The van der Waals surface area contributed by atoms with Crippen molar-refractivity contribution in [3.05, 3.63) is 29.6 Å². The normalized spacial score (nSPS) is 10.2.